The number of anilines is 1. The lowest BCUT2D eigenvalue weighted by atomic mass is 10.2. The van der Waals surface area contributed by atoms with Crippen molar-refractivity contribution >= 4 is 23.2 Å². The van der Waals surface area contributed by atoms with Gasteiger partial charge in [-0.1, -0.05) is 11.6 Å². The Labute approximate surface area is 138 Å². The number of hydrogen-bond acceptors (Lipinski definition) is 3. The summed E-state index contributed by atoms with van der Waals surface area (Å²) in [6.07, 6.45) is 5.12. The maximum Gasteiger partial charge on any atom is 0.259 e. The first-order valence-electron chi connectivity index (χ1n) is 7.23. The normalized spacial score (nSPS) is 10.7. The third-order valence-corrected chi connectivity index (χ3v) is 3.70. The molecule has 0 spiro atoms. The number of carbonyl (C=O) groups is 1. The molecule has 0 atom stereocenters. The van der Waals surface area contributed by atoms with Crippen molar-refractivity contribution in [3.63, 3.8) is 0 Å². The lowest BCUT2D eigenvalue weighted by Crippen LogP contribution is -2.11. The van der Waals surface area contributed by atoms with E-state index >= 15 is 0 Å². The van der Waals surface area contributed by atoms with Gasteiger partial charge in [0.15, 0.2) is 0 Å². The summed E-state index contributed by atoms with van der Waals surface area (Å²) in [6, 6.07) is 7.27. The molecule has 1 aromatic carbocycles. The van der Waals surface area contributed by atoms with E-state index in [9.17, 15) is 4.79 Å². The Morgan fingerprint density at radius 1 is 1.26 bits per heavy atom. The van der Waals surface area contributed by atoms with E-state index in [0.29, 0.717) is 22.0 Å². The molecule has 23 heavy (non-hydrogen) atoms. The van der Waals surface area contributed by atoms with E-state index < -0.39 is 0 Å². The van der Waals surface area contributed by atoms with Crippen LogP contribution in [0.5, 0.6) is 0 Å². The van der Waals surface area contributed by atoms with Crippen molar-refractivity contribution in [1.29, 1.82) is 0 Å². The second-order valence-electron chi connectivity index (χ2n) is 5.09. The van der Waals surface area contributed by atoms with Crippen LogP contribution in [0.25, 0.3) is 5.69 Å². The third-order valence-electron chi connectivity index (χ3n) is 3.45. The number of aromatic nitrogens is 4. The standard InChI is InChI=1S/C16H16ClN5O/c1-3-21-9-13(8-18-21)19-16(23)15-10-22(20-11(15)2)14-6-4-12(17)5-7-14/h4-10H,3H2,1-2H3,(H,19,23). The van der Waals surface area contributed by atoms with Gasteiger partial charge in [-0.25, -0.2) is 4.68 Å². The van der Waals surface area contributed by atoms with Crippen LogP contribution in [0.4, 0.5) is 5.69 Å². The molecule has 0 aliphatic rings. The molecule has 3 rings (SSSR count). The Hall–Kier alpha value is -2.60. The minimum Gasteiger partial charge on any atom is -0.319 e. The van der Waals surface area contributed by atoms with Crippen molar-refractivity contribution < 1.29 is 4.79 Å². The second kappa shape index (κ2) is 6.26. The Kier molecular flexibility index (Phi) is 4.16. The molecule has 0 aliphatic heterocycles. The van der Waals surface area contributed by atoms with Crippen LogP contribution < -0.4 is 5.32 Å². The van der Waals surface area contributed by atoms with Crippen LogP contribution in [-0.4, -0.2) is 25.5 Å². The first-order valence-corrected chi connectivity index (χ1v) is 7.60. The molecular formula is C16H16ClN5O. The van der Waals surface area contributed by atoms with Gasteiger partial charge in [0.2, 0.25) is 0 Å². The predicted molar refractivity (Wildman–Crippen MR) is 89.2 cm³/mol. The lowest BCUT2D eigenvalue weighted by molar-refractivity contribution is 0.102. The van der Waals surface area contributed by atoms with Crippen LogP contribution in [-0.2, 0) is 6.54 Å². The maximum atomic E-state index is 12.4. The number of halogens is 1. The SMILES string of the molecule is CCn1cc(NC(=O)c2cn(-c3ccc(Cl)cc3)nc2C)cn1. The minimum absolute atomic E-state index is 0.210. The number of hydrogen-bond donors (Lipinski definition) is 1. The quantitative estimate of drug-likeness (QED) is 0.798. The van der Waals surface area contributed by atoms with E-state index in [2.05, 4.69) is 15.5 Å². The lowest BCUT2D eigenvalue weighted by Gasteiger charge is -2.01. The van der Waals surface area contributed by atoms with Gasteiger partial charge in [-0.3, -0.25) is 9.48 Å². The first kappa shape index (κ1) is 15.3. The molecule has 7 heteroatoms. The van der Waals surface area contributed by atoms with Gasteiger partial charge >= 0.3 is 0 Å². The molecule has 0 bridgehead atoms. The molecule has 2 heterocycles. The minimum atomic E-state index is -0.210. The zero-order valence-corrected chi connectivity index (χ0v) is 13.6. The summed E-state index contributed by atoms with van der Waals surface area (Å²) >= 11 is 5.89. The summed E-state index contributed by atoms with van der Waals surface area (Å²) in [4.78, 5) is 12.4. The largest absolute Gasteiger partial charge is 0.319 e. The van der Waals surface area contributed by atoms with Crippen molar-refractivity contribution in [2.24, 2.45) is 0 Å². The number of benzene rings is 1. The van der Waals surface area contributed by atoms with Crippen LogP contribution in [0.2, 0.25) is 5.02 Å². The zero-order chi connectivity index (χ0) is 16.4. The summed E-state index contributed by atoms with van der Waals surface area (Å²) in [6.45, 7) is 4.54. The van der Waals surface area contributed by atoms with Crippen LogP contribution >= 0.6 is 11.6 Å². The van der Waals surface area contributed by atoms with Gasteiger partial charge in [-0.15, -0.1) is 0 Å². The van der Waals surface area contributed by atoms with Gasteiger partial charge in [0.25, 0.3) is 5.91 Å². The molecule has 0 saturated heterocycles. The number of carbonyl (C=O) groups excluding carboxylic acids is 1. The molecule has 2 aromatic heterocycles. The molecule has 0 unspecified atom stereocenters. The van der Waals surface area contributed by atoms with Crippen molar-refractivity contribution in [3.05, 3.63) is 59.1 Å². The molecular weight excluding hydrogens is 314 g/mol. The fourth-order valence-corrected chi connectivity index (χ4v) is 2.33. The molecule has 0 radical (unpaired) electrons. The fraction of sp³-hybridized carbons (Fsp3) is 0.188. The monoisotopic (exact) mass is 329 g/mol. The van der Waals surface area contributed by atoms with Gasteiger partial charge in [0, 0.05) is 24.0 Å². The maximum absolute atomic E-state index is 12.4. The molecule has 118 valence electrons. The number of amides is 1. The predicted octanol–water partition coefficient (Wildman–Crippen LogP) is 3.30. The van der Waals surface area contributed by atoms with E-state index in [1.54, 1.807) is 47.0 Å². The average molecular weight is 330 g/mol. The molecule has 0 aliphatic carbocycles. The molecule has 0 saturated carbocycles. The summed E-state index contributed by atoms with van der Waals surface area (Å²) in [5.41, 5.74) is 2.68. The average Bonchev–Trinajstić information content (AvgIpc) is 3.14. The Morgan fingerprint density at radius 3 is 2.65 bits per heavy atom. The third kappa shape index (κ3) is 3.27. The van der Waals surface area contributed by atoms with E-state index in [4.69, 9.17) is 11.6 Å². The molecule has 6 nitrogen and oxygen atoms in total. The van der Waals surface area contributed by atoms with Gasteiger partial charge in [-0.05, 0) is 38.1 Å². The van der Waals surface area contributed by atoms with E-state index in [0.717, 1.165) is 12.2 Å². The van der Waals surface area contributed by atoms with Crippen molar-refractivity contribution in [2.75, 3.05) is 5.32 Å². The topological polar surface area (TPSA) is 64.7 Å². The molecule has 1 amide bonds. The zero-order valence-electron chi connectivity index (χ0n) is 12.8. The number of nitrogens with one attached hydrogen (secondary N) is 1. The Morgan fingerprint density at radius 2 is 2.00 bits per heavy atom. The summed E-state index contributed by atoms with van der Waals surface area (Å²) < 4.78 is 3.41. The summed E-state index contributed by atoms with van der Waals surface area (Å²) in [7, 11) is 0. The number of nitrogens with zero attached hydrogens (tertiary/aromatic N) is 4. The smallest absolute Gasteiger partial charge is 0.259 e. The summed E-state index contributed by atoms with van der Waals surface area (Å²) in [5.74, 6) is -0.210. The first-order chi connectivity index (χ1) is 11.1. The Bertz CT molecular complexity index is 835. The Balaban J connectivity index is 1.82. The number of rotatable bonds is 4. The highest BCUT2D eigenvalue weighted by Crippen LogP contribution is 2.16. The van der Waals surface area contributed by atoms with Crippen LogP contribution in [0.3, 0.4) is 0 Å². The van der Waals surface area contributed by atoms with Crippen molar-refractivity contribution in [1.82, 2.24) is 19.6 Å². The van der Waals surface area contributed by atoms with Crippen LogP contribution in [0.15, 0.2) is 42.9 Å². The van der Waals surface area contributed by atoms with Gasteiger partial charge in [0.1, 0.15) is 0 Å². The van der Waals surface area contributed by atoms with Crippen molar-refractivity contribution in [2.45, 2.75) is 20.4 Å². The van der Waals surface area contributed by atoms with E-state index in [1.807, 2.05) is 19.1 Å². The second-order valence-corrected chi connectivity index (χ2v) is 5.52. The molecule has 0 fully saturated rings. The van der Waals surface area contributed by atoms with Crippen molar-refractivity contribution in [3.8, 4) is 5.69 Å². The van der Waals surface area contributed by atoms with E-state index in [-0.39, 0.29) is 5.91 Å². The van der Waals surface area contributed by atoms with Crippen LogP contribution in [0.1, 0.15) is 23.0 Å². The highest BCUT2D eigenvalue weighted by Gasteiger charge is 2.15. The highest BCUT2D eigenvalue weighted by atomic mass is 35.5. The van der Waals surface area contributed by atoms with Gasteiger partial charge in [0.05, 0.1) is 28.8 Å². The van der Waals surface area contributed by atoms with Crippen LogP contribution in [0, 0.1) is 6.92 Å². The molecule has 1 N–H and O–H groups in total. The summed E-state index contributed by atoms with van der Waals surface area (Å²) in [5, 5.41) is 12.0. The highest BCUT2D eigenvalue weighted by molar-refractivity contribution is 6.30. The van der Waals surface area contributed by atoms with E-state index in [1.165, 1.54) is 0 Å². The van der Waals surface area contributed by atoms with Gasteiger partial charge in [-0.2, -0.15) is 10.2 Å². The fourth-order valence-electron chi connectivity index (χ4n) is 2.21. The molecule has 3 aromatic rings. The van der Waals surface area contributed by atoms with Gasteiger partial charge < -0.3 is 5.32 Å². The number of aryl methyl sites for hydroxylation is 2.